The number of hydrogen-bond donors (Lipinski definition) is 0. The molecule has 14 heavy (non-hydrogen) atoms. The van der Waals surface area contributed by atoms with Crippen LogP contribution in [0.2, 0.25) is 0 Å². The Bertz CT molecular complexity index is 234. The Labute approximate surface area is 95.8 Å². The van der Waals surface area contributed by atoms with Gasteiger partial charge in [-0.15, -0.1) is 0 Å². The predicted octanol–water partition coefficient (Wildman–Crippen LogP) is -2.35. The lowest BCUT2D eigenvalue weighted by Crippen LogP contribution is -3.00. The third-order valence-corrected chi connectivity index (χ3v) is 3.51. The van der Waals surface area contributed by atoms with Crippen molar-refractivity contribution in [3.05, 3.63) is 0 Å². The van der Waals surface area contributed by atoms with Crippen LogP contribution < -0.4 is 17.0 Å². The standard InChI is InChI=1S/C10H18NO2.BrH/c1-3-13-10(12)9-7-11(2)5-4-8(9)6-11;/h8-9H,3-7H2,1-2H3;1H/q+1;/p-1/t8-,9-,11?;/m1./s1. The third-order valence-electron chi connectivity index (χ3n) is 3.51. The largest absolute Gasteiger partial charge is 1.00 e. The maximum Gasteiger partial charge on any atom is 0.315 e. The van der Waals surface area contributed by atoms with E-state index in [9.17, 15) is 4.79 Å². The van der Waals surface area contributed by atoms with Gasteiger partial charge in [-0.2, -0.15) is 0 Å². The number of quaternary nitrogens is 1. The molecule has 4 heteroatoms. The van der Waals surface area contributed by atoms with Crippen LogP contribution in [-0.2, 0) is 9.53 Å². The van der Waals surface area contributed by atoms with E-state index in [2.05, 4.69) is 7.05 Å². The van der Waals surface area contributed by atoms with E-state index in [1.807, 2.05) is 6.92 Å². The zero-order valence-corrected chi connectivity index (χ0v) is 10.4. The minimum atomic E-state index is 0. The van der Waals surface area contributed by atoms with Crippen molar-refractivity contribution in [2.45, 2.75) is 13.3 Å². The van der Waals surface area contributed by atoms with E-state index in [1.54, 1.807) is 0 Å². The molecule has 0 aromatic carbocycles. The fraction of sp³-hybridized carbons (Fsp3) is 0.900. The molecule has 0 amide bonds. The first kappa shape index (κ1) is 12.0. The molecular formula is C10H18BrNO2. The zero-order chi connectivity index (χ0) is 9.47. The SMILES string of the molecule is CCOC(=O)[C@@H]1C[N+]2(C)CC[C@@H]1C2.[Br-]. The topological polar surface area (TPSA) is 26.3 Å². The summed E-state index contributed by atoms with van der Waals surface area (Å²) in [5, 5.41) is 0. The number of carbonyl (C=O) groups is 1. The second kappa shape index (κ2) is 4.19. The molecule has 0 aromatic rings. The van der Waals surface area contributed by atoms with E-state index in [0.29, 0.717) is 12.5 Å². The number of halogens is 1. The monoisotopic (exact) mass is 263 g/mol. The van der Waals surface area contributed by atoms with Crippen molar-refractivity contribution in [2.24, 2.45) is 11.8 Å². The Hall–Kier alpha value is -0.0900. The second-order valence-electron chi connectivity index (χ2n) is 4.62. The average Bonchev–Trinajstić information content (AvgIpc) is 2.59. The lowest BCUT2D eigenvalue weighted by molar-refractivity contribution is -0.890. The molecular weight excluding hydrogens is 246 g/mol. The summed E-state index contributed by atoms with van der Waals surface area (Å²) in [6, 6.07) is 0. The Kier molecular flexibility index (Phi) is 3.58. The Balaban J connectivity index is 0.000000980. The maximum atomic E-state index is 11.5. The highest BCUT2D eigenvalue weighted by Crippen LogP contribution is 2.38. The number of ether oxygens (including phenoxy) is 1. The van der Waals surface area contributed by atoms with Gasteiger partial charge in [0.15, 0.2) is 0 Å². The van der Waals surface area contributed by atoms with Gasteiger partial charge in [0.2, 0.25) is 0 Å². The average molecular weight is 264 g/mol. The number of esters is 1. The zero-order valence-electron chi connectivity index (χ0n) is 8.83. The molecule has 0 radical (unpaired) electrons. The minimum absolute atomic E-state index is 0. The van der Waals surface area contributed by atoms with Gasteiger partial charge in [0.25, 0.3) is 0 Å². The first-order valence-electron chi connectivity index (χ1n) is 5.15. The molecule has 0 spiro atoms. The van der Waals surface area contributed by atoms with Crippen LogP contribution in [-0.4, -0.2) is 43.7 Å². The van der Waals surface area contributed by atoms with Crippen molar-refractivity contribution in [1.82, 2.24) is 0 Å². The number of nitrogens with zero attached hydrogens (tertiary/aromatic N) is 1. The molecule has 0 aromatic heterocycles. The normalized spacial score (nSPS) is 39.3. The Morgan fingerprint density at radius 3 is 2.64 bits per heavy atom. The Morgan fingerprint density at radius 2 is 2.21 bits per heavy atom. The van der Waals surface area contributed by atoms with Gasteiger partial charge in [0, 0.05) is 12.3 Å². The number of piperidine rings is 1. The van der Waals surface area contributed by atoms with Crippen LogP contribution in [0.4, 0.5) is 0 Å². The van der Waals surface area contributed by atoms with Gasteiger partial charge in [-0.05, 0) is 6.92 Å². The fourth-order valence-corrected chi connectivity index (χ4v) is 2.86. The van der Waals surface area contributed by atoms with Crippen molar-refractivity contribution >= 4 is 5.97 Å². The number of rotatable bonds is 2. The lowest BCUT2D eigenvalue weighted by atomic mass is 9.93. The summed E-state index contributed by atoms with van der Waals surface area (Å²) >= 11 is 0. The first-order chi connectivity index (χ1) is 6.14. The van der Waals surface area contributed by atoms with Crippen LogP contribution in [0.15, 0.2) is 0 Å². The van der Waals surface area contributed by atoms with Crippen molar-refractivity contribution in [2.75, 3.05) is 33.3 Å². The molecule has 0 aliphatic carbocycles. The minimum Gasteiger partial charge on any atom is -1.00 e. The highest BCUT2D eigenvalue weighted by Gasteiger charge is 2.52. The van der Waals surface area contributed by atoms with Crippen molar-refractivity contribution < 1.29 is 31.0 Å². The highest BCUT2D eigenvalue weighted by molar-refractivity contribution is 5.73. The molecule has 2 fully saturated rings. The van der Waals surface area contributed by atoms with Gasteiger partial charge in [-0.25, -0.2) is 0 Å². The van der Waals surface area contributed by atoms with E-state index >= 15 is 0 Å². The van der Waals surface area contributed by atoms with Crippen LogP contribution in [0.3, 0.4) is 0 Å². The molecule has 0 saturated carbocycles. The van der Waals surface area contributed by atoms with Gasteiger partial charge >= 0.3 is 5.97 Å². The highest BCUT2D eigenvalue weighted by atomic mass is 79.9. The first-order valence-corrected chi connectivity index (χ1v) is 5.15. The van der Waals surface area contributed by atoms with E-state index in [0.717, 1.165) is 11.0 Å². The van der Waals surface area contributed by atoms with Crippen LogP contribution >= 0.6 is 0 Å². The summed E-state index contributed by atoms with van der Waals surface area (Å²) in [4.78, 5) is 11.5. The molecule has 3 atom stereocenters. The summed E-state index contributed by atoms with van der Waals surface area (Å²) < 4.78 is 6.17. The lowest BCUT2D eigenvalue weighted by Gasteiger charge is -2.28. The molecule has 2 heterocycles. The van der Waals surface area contributed by atoms with Crippen molar-refractivity contribution in [1.29, 1.82) is 0 Å². The summed E-state index contributed by atoms with van der Waals surface area (Å²) in [5.41, 5.74) is 0. The number of fused-ring (bicyclic) bond motifs is 2. The molecule has 0 N–H and O–H groups in total. The summed E-state index contributed by atoms with van der Waals surface area (Å²) in [6.07, 6.45) is 1.21. The number of hydrogen-bond acceptors (Lipinski definition) is 2. The maximum absolute atomic E-state index is 11.5. The molecule has 2 bridgehead atoms. The molecule has 3 nitrogen and oxygen atoms in total. The van der Waals surface area contributed by atoms with E-state index in [-0.39, 0.29) is 28.9 Å². The molecule has 2 aliphatic rings. The predicted molar refractivity (Wildman–Crippen MR) is 49.0 cm³/mol. The quantitative estimate of drug-likeness (QED) is 0.412. The molecule has 2 saturated heterocycles. The summed E-state index contributed by atoms with van der Waals surface area (Å²) in [6.45, 7) is 5.83. The van der Waals surface area contributed by atoms with Gasteiger partial charge in [0.1, 0.15) is 5.92 Å². The molecule has 1 unspecified atom stereocenters. The van der Waals surface area contributed by atoms with E-state index < -0.39 is 0 Å². The second-order valence-corrected chi connectivity index (χ2v) is 4.62. The fourth-order valence-electron chi connectivity index (χ4n) is 2.86. The van der Waals surface area contributed by atoms with Gasteiger partial charge < -0.3 is 26.2 Å². The van der Waals surface area contributed by atoms with Crippen LogP contribution in [0.1, 0.15) is 13.3 Å². The van der Waals surface area contributed by atoms with Crippen LogP contribution in [0.5, 0.6) is 0 Å². The Morgan fingerprint density at radius 1 is 1.50 bits per heavy atom. The summed E-state index contributed by atoms with van der Waals surface area (Å²) in [7, 11) is 2.25. The van der Waals surface area contributed by atoms with Gasteiger partial charge in [0.05, 0.1) is 33.3 Å². The van der Waals surface area contributed by atoms with E-state index in [1.165, 1.54) is 19.5 Å². The van der Waals surface area contributed by atoms with Gasteiger partial charge in [-0.1, -0.05) is 0 Å². The smallest absolute Gasteiger partial charge is 0.315 e. The van der Waals surface area contributed by atoms with Crippen molar-refractivity contribution in [3.8, 4) is 0 Å². The van der Waals surface area contributed by atoms with Crippen LogP contribution in [0, 0.1) is 11.8 Å². The molecule has 82 valence electrons. The van der Waals surface area contributed by atoms with Crippen LogP contribution in [0.25, 0.3) is 0 Å². The molecule has 2 aliphatic heterocycles. The number of carbonyl (C=O) groups excluding carboxylic acids is 1. The van der Waals surface area contributed by atoms with Gasteiger partial charge in [-0.3, -0.25) is 4.79 Å². The summed E-state index contributed by atoms with van der Waals surface area (Å²) in [5.74, 6) is 0.830. The van der Waals surface area contributed by atoms with Crippen molar-refractivity contribution in [3.63, 3.8) is 0 Å². The van der Waals surface area contributed by atoms with E-state index in [4.69, 9.17) is 4.74 Å². The third kappa shape index (κ3) is 1.96. The molecule has 2 rings (SSSR count).